The molecule has 1 spiro atoms. The topological polar surface area (TPSA) is 65.0 Å². The van der Waals surface area contributed by atoms with Crippen molar-refractivity contribution in [1.82, 2.24) is 0 Å². The largest absolute Gasteiger partial charge is 0.370 e. The van der Waals surface area contributed by atoms with Gasteiger partial charge in [-0.1, -0.05) is 41.5 Å². The predicted molar refractivity (Wildman–Crippen MR) is 136 cm³/mol. The first-order valence-corrected chi connectivity index (χ1v) is 14.5. The maximum Gasteiger partial charge on any atom is 0.195 e. The monoisotopic (exact) mass is 490 g/mol. The van der Waals surface area contributed by atoms with Gasteiger partial charge < -0.3 is 19.3 Å². The van der Waals surface area contributed by atoms with Gasteiger partial charge in [-0.15, -0.1) is 0 Å². The third kappa shape index (κ3) is 3.29. The minimum Gasteiger partial charge on any atom is -0.370 e. The van der Waals surface area contributed by atoms with Crippen LogP contribution >= 0.6 is 0 Å². The molecule has 4 saturated heterocycles. The van der Waals surface area contributed by atoms with E-state index in [0.29, 0.717) is 30.5 Å². The third-order valence-corrected chi connectivity index (χ3v) is 12.2. The number of carbonyl (C=O) groups is 1. The molecule has 0 unspecified atom stereocenters. The van der Waals surface area contributed by atoms with Crippen LogP contribution in [-0.4, -0.2) is 45.7 Å². The number of hydrogen-bond donors (Lipinski definition) is 1. The average molecular weight is 491 g/mol. The second kappa shape index (κ2) is 8.01. The maximum atomic E-state index is 12.6. The molecular formula is C30H50O5. The van der Waals surface area contributed by atoms with E-state index < -0.39 is 17.0 Å². The molecule has 4 aliphatic heterocycles. The molecule has 6 rings (SSSR count). The Morgan fingerprint density at radius 2 is 1.51 bits per heavy atom. The Kier molecular flexibility index (Phi) is 5.98. The molecule has 35 heavy (non-hydrogen) atoms. The molecule has 6 fully saturated rings. The van der Waals surface area contributed by atoms with Crippen molar-refractivity contribution in [2.75, 3.05) is 0 Å². The first kappa shape index (κ1) is 26.1. The standard InChI is InChI=1S/C30H50O5/c1-19(2)22(31)13-14-27(8)23-11-10-21(4)28(27,34-23)16-15-26(7)20(3)9-12-24-29(26)17-18-30(32,35-29)25(5,6)33-24/h19-21,23-24,32H,9-18H2,1-8H3/t20-,21-,23+,24-,26-,27-,28-,29+,30-/m0/s1. The van der Waals surface area contributed by atoms with Gasteiger partial charge in [0.15, 0.2) is 5.79 Å². The highest BCUT2D eigenvalue weighted by Gasteiger charge is 2.74. The fourth-order valence-corrected chi connectivity index (χ4v) is 9.11. The zero-order chi connectivity index (χ0) is 25.7. The van der Waals surface area contributed by atoms with E-state index in [1.54, 1.807) is 0 Å². The summed E-state index contributed by atoms with van der Waals surface area (Å²) in [4.78, 5) is 12.6. The number of rotatable bonds is 7. The summed E-state index contributed by atoms with van der Waals surface area (Å²) >= 11 is 0. The van der Waals surface area contributed by atoms with Crippen molar-refractivity contribution < 1.29 is 24.1 Å². The second-order valence-electron chi connectivity index (χ2n) is 14.3. The Morgan fingerprint density at radius 3 is 2.17 bits per heavy atom. The Labute approximate surface area is 213 Å². The first-order valence-electron chi connectivity index (χ1n) is 14.5. The van der Waals surface area contributed by atoms with Crippen molar-refractivity contribution in [3.8, 4) is 0 Å². The molecule has 6 aliphatic rings. The van der Waals surface area contributed by atoms with E-state index >= 15 is 0 Å². The number of hydrogen-bond acceptors (Lipinski definition) is 5. The summed E-state index contributed by atoms with van der Waals surface area (Å²) < 4.78 is 20.2. The van der Waals surface area contributed by atoms with Crippen molar-refractivity contribution >= 4 is 5.78 Å². The van der Waals surface area contributed by atoms with Crippen LogP contribution in [0.1, 0.15) is 120 Å². The molecule has 4 heterocycles. The van der Waals surface area contributed by atoms with Crippen molar-refractivity contribution in [3.63, 3.8) is 0 Å². The van der Waals surface area contributed by atoms with Crippen molar-refractivity contribution in [2.24, 2.45) is 28.6 Å². The fraction of sp³-hybridized carbons (Fsp3) is 0.967. The number of ether oxygens (including phenoxy) is 3. The van der Waals surface area contributed by atoms with Gasteiger partial charge in [-0.3, -0.25) is 4.79 Å². The first-order chi connectivity index (χ1) is 16.2. The Hall–Kier alpha value is -0.490. The van der Waals surface area contributed by atoms with Crippen LogP contribution in [0.2, 0.25) is 0 Å². The van der Waals surface area contributed by atoms with Crippen molar-refractivity contribution in [3.05, 3.63) is 0 Å². The SMILES string of the molecule is CC(C)C(=O)CC[C@@]1(C)[C@H]2CC[C@H](C)[C@]1(CC[C@@]1(C)[C@@H](C)CC[C@@H]3OC(C)(C)[C@]4(O)CC[C@@]31O4)O2. The number of aliphatic hydroxyl groups is 1. The lowest BCUT2D eigenvalue weighted by Gasteiger charge is -2.70. The molecule has 200 valence electrons. The lowest BCUT2D eigenvalue weighted by Crippen LogP contribution is -2.74. The summed E-state index contributed by atoms with van der Waals surface area (Å²) in [6.45, 7) is 17.5. The van der Waals surface area contributed by atoms with Crippen LogP contribution in [0.15, 0.2) is 0 Å². The van der Waals surface area contributed by atoms with Crippen LogP contribution < -0.4 is 0 Å². The fourth-order valence-electron chi connectivity index (χ4n) is 9.11. The van der Waals surface area contributed by atoms with E-state index in [-0.39, 0.29) is 34.6 Å². The summed E-state index contributed by atoms with van der Waals surface area (Å²) in [7, 11) is 0. The van der Waals surface area contributed by atoms with Crippen LogP contribution in [0.25, 0.3) is 0 Å². The third-order valence-electron chi connectivity index (χ3n) is 12.2. The quantitative estimate of drug-likeness (QED) is 0.460. The van der Waals surface area contributed by atoms with Gasteiger partial charge in [0, 0.05) is 29.6 Å². The molecule has 0 radical (unpaired) electrons. The van der Waals surface area contributed by atoms with E-state index in [4.69, 9.17) is 14.2 Å². The minimum absolute atomic E-state index is 0.0212. The van der Waals surface area contributed by atoms with Gasteiger partial charge in [0.25, 0.3) is 0 Å². The summed E-state index contributed by atoms with van der Waals surface area (Å²) in [5.74, 6) is 0.201. The van der Waals surface area contributed by atoms with Gasteiger partial charge >= 0.3 is 0 Å². The van der Waals surface area contributed by atoms with Gasteiger partial charge in [0.05, 0.1) is 17.8 Å². The Morgan fingerprint density at radius 1 is 0.857 bits per heavy atom. The molecule has 0 aromatic heterocycles. The molecule has 5 heteroatoms. The van der Waals surface area contributed by atoms with Gasteiger partial charge in [-0.25, -0.2) is 0 Å². The lowest BCUT2D eigenvalue weighted by atomic mass is 9.48. The van der Waals surface area contributed by atoms with Crippen molar-refractivity contribution in [1.29, 1.82) is 0 Å². The van der Waals surface area contributed by atoms with Crippen LogP contribution in [-0.2, 0) is 19.0 Å². The Bertz CT molecular complexity index is 869. The highest BCUT2D eigenvalue weighted by molar-refractivity contribution is 5.80. The number of Topliss-reactive ketones (excluding diaryl/α,β-unsaturated/α-hetero) is 1. The van der Waals surface area contributed by atoms with Crippen LogP contribution in [0.4, 0.5) is 0 Å². The molecule has 5 nitrogen and oxygen atoms in total. The smallest absolute Gasteiger partial charge is 0.195 e. The highest BCUT2D eigenvalue weighted by atomic mass is 16.7. The summed E-state index contributed by atoms with van der Waals surface area (Å²) in [6, 6.07) is 0. The molecule has 0 amide bonds. The molecule has 0 aromatic rings. The molecule has 1 N–H and O–H groups in total. The van der Waals surface area contributed by atoms with Gasteiger partial charge in [0.2, 0.25) is 0 Å². The van der Waals surface area contributed by atoms with Crippen LogP contribution in [0.3, 0.4) is 0 Å². The van der Waals surface area contributed by atoms with E-state index in [1.165, 1.54) is 6.42 Å². The van der Waals surface area contributed by atoms with Gasteiger partial charge in [-0.2, -0.15) is 0 Å². The van der Waals surface area contributed by atoms with Crippen LogP contribution in [0, 0.1) is 28.6 Å². The van der Waals surface area contributed by atoms with E-state index in [2.05, 4.69) is 27.7 Å². The average Bonchev–Trinajstić information content (AvgIpc) is 3.14. The normalized spacial score (nSPS) is 52.2. The maximum absolute atomic E-state index is 12.6. The molecular weight excluding hydrogens is 440 g/mol. The summed E-state index contributed by atoms with van der Waals surface area (Å²) in [5.41, 5.74) is -1.38. The van der Waals surface area contributed by atoms with E-state index in [0.717, 1.165) is 44.9 Å². The molecule has 4 bridgehead atoms. The van der Waals surface area contributed by atoms with E-state index in [9.17, 15) is 9.90 Å². The second-order valence-corrected chi connectivity index (χ2v) is 14.3. The highest BCUT2D eigenvalue weighted by Crippen LogP contribution is 2.68. The minimum atomic E-state index is -1.22. The van der Waals surface area contributed by atoms with Crippen LogP contribution in [0.5, 0.6) is 0 Å². The van der Waals surface area contributed by atoms with Gasteiger partial charge in [-0.05, 0) is 77.0 Å². The summed E-state index contributed by atoms with van der Waals surface area (Å²) in [5, 5.41) is 11.5. The summed E-state index contributed by atoms with van der Waals surface area (Å²) in [6.07, 6.45) is 9.75. The van der Waals surface area contributed by atoms with E-state index in [1.807, 2.05) is 27.7 Å². The lowest BCUT2D eigenvalue weighted by molar-refractivity contribution is -0.412. The molecule has 0 aromatic carbocycles. The number of fused-ring (bicyclic) bond motifs is 3. The Balaban J connectivity index is 1.41. The number of carbonyl (C=O) groups excluding carboxylic acids is 1. The van der Waals surface area contributed by atoms with Gasteiger partial charge in [0.1, 0.15) is 17.0 Å². The molecule has 2 saturated carbocycles. The zero-order valence-electron chi connectivity index (χ0n) is 23.5. The number of ketones is 1. The zero-order valence-corrected chi connectivity index (χ0v) is 23.5. The predicted octanol–water partition coefficient (Wildman–Crippen LogP) is 6.20. The molecule has 2 aliphatic carbocycles. The van der Waals surface area contributed by atoms with Crippen molar-refractivity contribution in [2.45, 2.75) is 154 Å². The molecule has 9 atom stereocenters.